The van der Waals surface area contributed by atoms with Crippen molar-refractivity contribution in [2.45, 2.75) is 11.3 Å². The van der Waals surface area contributed by atoms with E-state index in [9.17, 15) is 8.42 Å². The number of nitrogens with two attached hydrogens (primary N) is 2. The molecule has 0 bridgehead atoms. The molecular weight excluding hydrogens is 292 g/mol. The first-order valence-corrected chi connectivity index (χ1v) is 7.54. The van der Waals surface area contributed by atoms with E-state index in [0.717, 1.165) is 11.1 Å². The van der Waals surface area contributed by atoms with Gasteiger partial charge in [-0.1, -0.05) is 6.07 Å². The van der Waals surface area contributed by atoms with Gasteiger partial charge in [-0.3, -0.25) is 4.98 Å². The van der Waals surface area contributed by atoms with E-state index in [1.165, 1.54) is 12.3 Å². The Bertz CT molecular complexity index is 918. The number of hydrogen-bond donors (Lipinski definition) is 2. The molecule has 3 aromatic heterocycles. The van der Waals surface area contributed by atoms with Crippen LogP contribution in [0.2, 0.25) is 0 Å². The van der Waals surface area contributed by atoms with Gasteiger partial charge in [-0.15, -0.1) is 5.10 Å². The van der Waals surface area contributed by atoms with Crippen LogP contribution >= 0.6 is 0 Å². The summed E-state index contributed by atoms with van der Waals surface area (Å²) in [6.45, 7) is 0. The fraction of sp³-hybridized carbons (Fsp3) is 0.0833. The van der Waals surface area contributed by atoms with Crippen LogP contribution in [-0.4, -0.2) is 28.0 Å². The Morgan fingerprint density at radius 2 is 2.00 bits per heavy atom. The second-order valence-electron chi connectivity index (χ2n) is 4.56. The van der Waals surface area contributed by atoms with E-state index in [4.69, 9.17) is 10.9 Å². The van der Waals surface area contributed by atoms with E-state index in [-0.39, 0.29) is 10.8 Å². The Morgan fingerprint density at radius 1 is 1.19 bits per heavy atom. The Morgan fingerprint density at radius 3 is 2.76 bits per heavy atom. The molecule has 9 heteroatoms. The number of hydrogen-bond acceptors (Lipinski definition) is 6. The van der Waals surface area contributed by atoms with Gasteiger partial charge in [0.05, 0.1) is 0 Å². The lowest BCUT2D eigenvalue weighted by molar-refractivity contribution is 0.597. The lowest BCUT2D eigenvalue weighted by atomic mass is 10.1. The third kappa shape index (κ3) is 2.83. The van der Waals surface area contributed by atoms with E-state index < -0.39 is 10.0 Å². The molecule has 108 valence electrons. The number of fused-ring (bicyclic) bond motifs is 1. The quantitative estimate of drug-likeness (QED) is 0.697. The van der Waals surface area contributed by atoms with E-state index in [0.29, 0.717) is 12.1 Å². The molecular formula is C12H12N6O2S. The van der Waals surface area contributed by atoms with Crippen LogP contribution in [-0.2, 0) is 16.4 Å². The molecule has 3 rings (SSSR count). The molecule has 21 heavy (non-hydrogen) atoms. The summed E-state index contributed by atoms with van der Waals surface area (Å²) in [6.07, 6.45) is 5.09. The number of primary sulfonamides is 1. The maximum atomic E-state index is 11.3. The molecule has 0 spiro atoms. The van der Waals surface area contributed by atoms with Crippen LogP contribution in [0.1, 0.15) is 11.1 Å². The fourth-order valence-corrected chi connectivity index (χ4v) is 2.52. The Labute approximate surface area is 120 Å². The molecule has 3 aromatic rings. The van der Waals surface area contributed by atoms with Crippen molar-refractivity contribution < 1.29 is 8.42 Å². The van der Waals surface area contributed by atoms with Crippen LogP contribution < -0.4 is 10.9 Å². The van der Waals surface area contributed by atoms with Crippen molar-refractivity contribution >= 4 is 21.6 Å². The highest BCUT2D eigenvalue weighted by Gasteiger charge is 2.09. The lowest BCUT2D eigenvalue weighted by Gasteiger charge is -2.04. The van der Waals surface area contributed by atoms with Gasteiger partial charge in [0.2, 0.25) is 16.0 Å². The first-order valence-electron chi connectivity index (χ1n) is 5.99. The van der Waals surface area contributed by atoms with Gasteiger partial charge in [-0.2, -0.15) is 4.98 Å². The van der Waals surface area contributed by atoms with Crippen LogP contribution in [0, 0.1) is 0 Å². The first kappa shape index (κ1) is 13.5. The predicted octanol–water partition coefficient (Wildman–Crippen LogP) is -0.0553. The molecule has 8 nitrogen and oxygen atoms in total. The van der Waals surface area contributed by atoms with Gasteiger partial charge in [-0.25, -0.2) is 18.1 Å². The summed E-state index contributed by atoms with van der Waals surface area (Å²) in [7, 11) is -3.76. The molecule has 0 saturated heterocycles. The smallest absolute Gasteiger partial charge is 0.240 e. The van der Waals surface area contributed by atoms with Crippen molar-refractivity contribution in [1.82, 2.24) is 19.6 Å². The molecule has 0 saturated carbocycles. The Balaban J connectivity index is 1.94. The van der Waals surface area contributed by atoms with Crippen LogP contribution in [0.15, 0.2) is 41.7 Å². The maximum Gasteiger partial charge on any atom is 0.240 e. The Hall–Kier alpha value is -2.52. The van der Waals surface area contributed by atoms with E-state index >= 15 is 0 Å². The van der Waals surface area contributed by atoms with Crippen LogP contribution in [0.25, 0.3) is 5.65 Å². The third-order valence-electron chi connectivity index (χ3n) is 2.92. The lowest BCUT2D eigenvalue weighted by Crippen LogP contribution is -2.12. The van der Waals surface area contributed by atoms with Gasteiger partial charge in [0.15, 0.2) is 5.65 Å². The summed E-state index contributed by atoms with van der Waals surface area (Å²) in [4.78, 5) is 7.92. The van der Waals surface area contributed by atoms with Gasteiger partial charge in [0.25, 0.3) is 0 Å². The minimum atomic E-state index is -3.76. The van der Waals surface area contributed by atoms with E-state index in [1.54, 1.807) is 23.0 Å². The van der Waals surface area contributed by atoms with Crippen molar-refractivity contribution in [3.05, 3.63) is 47.9 Å². The largest absolute Gasteiger partial charge is 0.366 e. The number of nitrogen functional groups attached to an aromatic ring is 1. The van der Waals surface area contributed by atoms with Crippen molar-refractivity contribution in [3.63, 3.8) is 0 Å². The molecule has 0 fully saturated rings. The van der Waals surface area contributed by atoms with E-state index in [1.807, 2.05) is 6.07 Å². The molecule has 0 amide bonds. The summed E-state index contributed by atoms with van der Waals surface area (Å²) in [6, 6.07) is 5.16. The zero-order valence-corrected chi connectivity index (χ0v) is 11.7. The SMILES string of the molecule is Nc1nc2ccc(Cc3cncc(S(N)(=O)=O)c3)cn2n1. The van der Waals surface area contributed by atoms with Crippen molar-refractivity contribution in [1.29, 1.82) is 0 Å². The van der Waals surface area contributed by atoms with Gasteiger partial charge in [0.1, 0.15) is 4.90 Å². The zero-order valence-electron chi connectivity index (χ0n) is 10.8. The number of aromatic nitrogens is 4. The zero-order chi connectivity index (χ0) is 15.0. The molecule has 0 aromatic carbocycles. The standard InChI is InChI=1S/C12H12N6O2S/c13-12-16-11-2-1-8(7-18(11)17-12)3-9-4-10(6-15-5-9)21(14,19)20/h1-2,4-7H,3H2,(H2,13,17)(H2,14,19,20). The second kappa shape index (κ2) is 4.79. The van der Waals surface area contributed by atoms with Crippen LogP contribution in [0.5, 0.6) is 0 Å². The second-order valence-corrected chi connectivity index (χ2v) is 6.12. The average molecular weight is 304 g/mol. The average Bonchev–Trinajstić information content (AvgIpc) is 2.77. The highest BCUT2D eigenvalue weighted by atomic mass is 32.2. The third-order valence-corrected chi connectivity index (χ3v) is 3.80. The summed E-state index contributed by atoms with van der Waals surface area (Å²) in [5, 5.41) is 9.12. The van der Waals surface area contributed by atoms with Gasteiger partial charge < -0.3 is 5.73 Å². The van der Waals surface area contributed by atoms with Crippen molar-refractivity contribution in [2.24, 2.45) is 5.14 Å². The molecule has 0 aliphatic carbocycles. The number of nitrogens with zero attached hydrogens (tertiary/aromatic N) is 4. The van der Waals surface area contributed by atoms with Gasteiger partial charge >= 0.3 is 0 Å². The van der Waals surface area contributed by atoms with Crippen molar-refractivity contribution in [2.75, 3.05) is 5.73 Å². The summed E-state index contributed by atoms with van der Waals surface area (Å²) >= 11 is 0. The normalized spacial score (nSPS) is 11.9. The minimum absolute atomic E-state index is 0.00826. The summed E-state index contributed by atoms with van der Waals surface area (Å²) in [5.41, 5.74) is 7.82. The molecule has 0 radical (unpaired) electrons. The van der Waals surface area contributed by atoms with Gasteiger partial charge in [0, 0.05) is 25.0 Å². The topological polar surface area (TPSA) is 129 Å². The van der Waals surface area contributed by atoms with Crippen LogP contribution in [0.4, 0.5) is 5.95 Å². The van der Waals surface area contributed by atoms with Gasteiger partial charge in [-0.05, 0) is 23.3 Å². The molecule has 0 aliphatic heterocycles. The fourth-order valence-electron chi connectivity index (χ4n) is 2.00. The number of anilines is 1. The predicted molar refractivity (Wildman–Crippen MR) is 75.8 cm³/mol. The molecule has 0 aliphatic rings. The highest BCUT2D eigenvalue weighted by Crippen LogP contribution is 2.13. The molecule has 4 N–H and O–H groups in total. The Kier molecular flexibility index (Phi) is 3.07. The van der Waals surface area contributed by atoms with Crippen molar-refractivity contribution in [3.8, 4) is 0 Å². The number of pyridine rings is 2. The summed E-state index contributed by atoms with van der Waals surface area (Å²) in [5.74, 6) is 0.199. The van der Waals surface area contributed by atoms with E-state index in [2.05, 4.69) is 15.1 Å². The minimum Gasteiger partial charge on any atom is -0.366 e. The molecule has 0 unspecified atom stereocenters. The molecule has 3 heterocycles. The van der Waals surface area contributed by atoms with Crippen LogP contribution in [0.3, 0.4) is 0 Å². The highest BCUT2D eigenvalue weighted by molar-refractivity contribution is 7.89. The monoisotopic (exact) mass is 304 g/mol. The summed E-state index contributed by atoms with van der Waals surface area (Å²) < 4.78 is 24.2. The number of sulfonamides is 1. The first-order chi connectivity index (χ1) is 9.91. The molecule has 0 atom stereocenters. The number of rotatable bonds is 3. The maximum absolute atomic E-state index is 11.3.